The molecule has 0 spiro atoms. The van der Waals surface area contributed by atoms with E-state index in [9.17, 15) is 9.59 Å². The summed E-state index contributed by atoms with van der Waals surface area (Å²) in [5.41, 5.74) is 1.93. The molecule has 0 unspecified atom stereocenters. The van der Waals surface area contributed by atoms with E-state index in [1.165, 1.54) is 7.05 Å². The quantitative estimate of drug-likeness (QED) is 0.646. The Bertz CT molecular complexity index is 447. The molecule has 0 saturated heterocycles. The van der Waals surface area contributed by atoms with Crippen molar-refractivity contribution in [3.8, 4) is 0 Å². The van der Waals surface area contributed by atoms with Crippen molar-refractivity contribution in [3.63, 3.8) is 0 Å². The van der Waals surface area contributed by atoms with Crippen LogP contribution >= 0.6 is 0 Å². The lowest BCUT2D eigenvalue weighted by atomic mass is 10.0. The second kappa shape index (κ2) is 5.13. The van der Waals surface area contributed by atoms with Crippen molar-refractivity contribution in [2.24, 2.45) is 5.92 Å². The summed E-state index contributed by atoms with van der Waals surface area (Å²) in [5, 5.41) is 0. The lowest BCUT2D eigenvalue weighted by Gasteiger charge is -2.03. The zero-order valence-electron chi connectivity index (χ0n) is 11.1. The summed E-state index contributed by atoms with van der Waals surface area (Å²) < 4.78 is 0. The lowest BCUT2D eigenvalue weighted by molar-refractivity contribution is 0.0693. The monoisotopic (exact) mass is 233 g/mol. The van der Waals surface area contributed by atoms with Crippen LogP contribution in [-0.4, -0.2) is 23.8 Å². The molecule has 0 fully saturated rings. The minimum Gasteiger partial charge on any atom is -0.277 e. The smallest absolute Gasteiger partial charge is 0.261 e. The average Bonchev–Trinajstić information content (AvgIpc) is 2.44. The van der Waals surface area contributed by atoms with Gasteiger partial charge in [0, 0.05) is 7.05 Å². The topological polar surface area (TPSA) is 37.4 Å². The minimum absolute atomic E-state index is 0.196. The summed E-state index contributed by atoms with van der Waals surface area (Å²) >= 11 is 0. The van der Waals surface area contributed by atoms with Crippen LogP contribution in [0.4, 0.5) is 0 Å². The number of aryl methyl sites for hydroxylation is 1. The number of hydrogen-bond acceptors (Lipinski definition) is 2. The number of fused-ring (bicyclic) bond motifs is 1. The van der Waals surface area contributed by atoms with Crippen LogP contribution in [0.3, 0.4) is 0 Å². The summed E-state index contributed by atoms with van der Waals surface area (Å²) in [6, 6.07) is 5.31. The van der Waals surface area contributed by atoms with E-state index < -0.39 is 0 Å². The fourth-order valence-corrected chi connectivity index (χ4v) is 1.57. The highest BCUT2D eigenvalue weighted by Crippen LogP contribution is 2.23. The highest BCUT2D eigenvalue weighted by Gasteiger charge is 2.33. The molecule has 1 heterocycles. The molecule has 1 aliphatic heterocycles. The van der Waals surface area contributed by atoms with Crippen molar-refractivity contribution < 1.29 is 9.59 Å². The molecule has 0 radical (unpaired) electrons. The number of carbonyl (C=O) groups excluding carboxylic acids is 2. The van der Waals surface area contributed by atoms with Gasteiger partial charge in [0.25, 0.3) is 11.8 Å². The molecule has 0 bridgehead atoms. The molecule has 17 heavy (non-hydrogen) atoms. The Morgan fingerprint density at radius 3 is 2.06 bits per heavy atom. The predicted molar refractivity (Wildman–Crippen MR) is 68.1 cm³/mol. The van der Waals surface area contributed by atoms with Gasteiger partial charge in [-0.15, -0.1) is 0 Å². The van der Waals surface area contributed by atoms with E-state index in [2.05, 4.69) is 20.8 Å². The van der Waals surface area contributed by atoms with Crippen LogP contribution < -0.4 is 0 Å². The largest absolute Gasteiger partial charge is 0.277 e. The van der Waals surface area contributed by atoms with Crippen LogP contribution in [0, 0.1) is 12.8 Å². The van der Waals surface area contributed by atoms with Gasteiger partial charge < -0.3 is 0 Å². The molecule has 0 atom stereocenters. The van der Waals surface area contributed by atoms with Gasteiger partial charge in [0.15, 0.2) is 0 Å². The first-order valence-electron chi connectivity index (χ1n) is 5.78. The molecule has 3 heteroatoms. The van der Waals surface area contributed by atoms with Gasteiger partial charge in [0.2, 0.25) is 0 Å². The SMILES string of the molecule is CC(C)C.Cc1cccc2c1C(=O)N(C)C2=O. The van der Waals surface area contributed by atoms with Gasteiger partial charge in [-0.1, -0.05) is 32.9 Å². The summed E-state index contributed by atoms with van der Waals surface area (Å²) in [6.07, 6.45) is 0. The fraction of sp³-hybridized carbons (Fsp3) is 0.429. The zero-order chi connectivity index (χ0) is 13.2. The summed E-state index contributed by atoms with van der Waals surface area (Å²) in [5.74, 6) is 0.432. The summed E-state index contributed by atoms with van der Waals surface area (Å²) in [6.45, 7) is 8.34. The van der Waals surface area contributed by atoms with Gasteiger partial charge in [-0.05, 0) is 24.5 Å². The molecule has 0 aromatic heterocycles. The molecule has 2 rings (SSSR count). The fourth-order valence-electron chi connectivity index (χ4n) is 1.57. The van der Waals surface area contributed by atoms with Crippen molar-refractivity contribution >= 4 is 11.8 Å². The number of carbonyl (C=O) groups is 2. The number of imide groups is 1. The lowest BCUT2D eigenvalue weighted by Crippen LogP contribution is -2.24. The van der Waals surface area contributed by atoms with Gasteiger partial charge in [0.1, 0.15) is 0 Å². The summed E-state index contributed by atoms with van der Waals surface area (Å²) in [4.78, 5) is 24.1. The van der Waals surface area contributed by atoms with E-state index in [-0.39, 0.29) is 11.8 Å². The number of nitrogens with zero attached hydrogens (tertiary/aromatic N) is 1. The first-order chi connectivity index (χ1) is 7.86. The van der Waals surface area contributed by atoms with Crippen LogP contribution in [0.1, 0.15) is 47.1 Å². The van der Waals surface area contributed by atoms with Gasteiger partial charge >= 0.3 is 0 Å². The molecular weight excluding hydrogens is 214 g/mol. The molecule has 3 nitrogen and oxygen atoms in total. The molecule has 92 valence electrons. The first-order valence-corrected chi connectivity index (χ1v) is 5.78. The molecule has 1 aromatic carbocycles. The van der Waals surface area contributed by atoms with E-state index in [4.69, 9.17) is 0 Å². The van der Waals surface area contributed by atoms with E-state index in [1.807, 2.05) is 13.0 Å². The number of amides is 2. The third-order valence-corrected chi connectivity index (χ3v) is 2.33. The molecule has 1 aromatic rings. The Morgan fingerprint density at radius 1 is 1.06 bits per heavy atom. The van der Waals surface area contributed by atoms with E-state index >= 15 is 0 Å². The second-order valence-electron chi connectivity index (χ2n) is 4.90. The van der Waals surface area contributed by atoms with E-state index in [1.54, 1.807) is 12.1 Å². The van der Waals surface area contributed by atoms with Crippen LogP contribution in [0.2, 0.25) is 0 Å². The number of hydrogen-bond donors (Lipinski definition) is 0. The average molecular weight is 233 g/mol. The maximum Gasteiger partial charge on any atom is 0.261 e. The van der Waals surface area contributed by atoms with Crippen molar-refractivity contribution in [1.29, 1.82) is 0 Å². The number of rotatable bonds is 0. The second-order valence-corrected chi connectivity index (χ2v) is 4.90. The number of benzene rings is 1. The summed E-state index contributed by atoms with van der Waals surface area (Å²) in [7, 11) is 1.50. The predicted octanol–water partition coefficient (Wildman–Crippen LogP) is 2.88. The molecule has 2 amide bonds. The highest BCUT2D eigenvalue weighted by molar-refractivity contribution is 6.21. The first kappa shape index (κ1) is 13.4. The van der Waals surface area contributed by atoms with Crippen LogP contribution in [-0.2, 0) is 0 Å². The van der Waals surface area contributed by atoms with Gasteiger partial charge in [-0.3, -0.25) is 14.5 Å². The third-order valence-electron chi connectivity index (χ3n) is 2.33. The molecule has 0 N–H and O–H groups in total. The minimum atomic E-state index is -0.205. The Labute approximate surface area is 102 Å². The van der Waals surface area contributed by atoms with Crippen molar-refractivity contribution in [2.75, 3.05) is 7.05 Å². The van der Waals surface area contributed by atoms with E-state index in [0.717, 1.165) is 16.4 Å². The highest BCUT2D eigenvalue weighted by atomic mass is 16.2. The maximum absolute atomic E-state index is 11.5. The molecular formula is C14H19NO2. The standard InChI is InChI=1S/C10H9NO2.C4H10/c1-6-4-3-5-7-8(6)10(13)11(2)9(7)12;1-4(2)3/h3-5H,1-2H3;4H,1-3H3. The van der Waals surface area contributed by atoms with Crippen LogP contribution in [0.25, 0.3) is 0 Å². The van der Waals surface area contributed by atoms with Crippen molar-refractivity contribution in [3.05, 3.63) is 34.9 Å². The third kappa shape index (κ3) is 2.73. The van der Waals surface area contributed by atoms with Gasteiger partial charge in [-0.25, -0.2) is 0 Å². The van der Waals surface area contributed by atoms with Crippen LogP contribution in [0.15, 0.2) is 18.2 Å². The van der Waals surface area contributed by atoms with Crippen molar-refractivity contribution in [1.82, 2.24) is 4.90 Å². The van der Waals surface area contributed by atoms with E-state index in [0.29, 0.717) is 11.1 Å². The Morgan fingerprint density at radius 2 is 1.59 bits per heavy atom. The Kier molecular flexibility index (Phi) is 4.05. The molecule has 0 aliphatic carbocycles. The zero-order valence-corrected chi connectivity index (χ0v) is 11.1. The van der Waals surface area contributed by atoms with Crippen molar-refractivity contribution in [2.45, 2.75) is 27.7 Å². The Hall–Kier alpha value is -1.64. The van der Waals surface area contributed by atoms with Crippen LogP contribution in [0.5, 0.6) is 0 Å². The normalized spacial score (nSPS) is 13.6. The molecule has 0 saturated carbocycles. The maximum atomic E-state index is 11.5. The molecule has 1 aliphatic rings. The van der Waals surface area contributed by atoms with Gasteiger partial charge in [0.05, 0.1) is 11.1 Å². The van der Waals surface area contributed by atoms with Gasteiger partial charge in [-0.2, -0.15) is 0 Å². The Balaban J connectivity index is 0.000000317.